The normalized spacial score (nSPS) is 10.8. The molecule has 29 heavy (non-hydrogen) atoms. The largest absolute Gasteiger partial charge is 0.489 e. The summed E-state index contributed by atoms with van der Waals surface area (Å²) in [7, 11) is 0. The standard InChI is InChI=1S/C22H14BrNO5/c23-16-5-3-15(4-6-16)20-13-29-21-11-18(9-10-19(21)22(20)25)28-12-14-1-7-17(8-2-14)24(26)27/h1-11,13H,12H2. The van der Waals surface area contributed by atoms with E-state index < -0.39 is 4.92 Å². The van der Waals surface area contributed by atoms with Gasteiger partial charge in [0.1, 0.15) is 24.2 Å². The Morgan fingerprint density at radius 3 is 2.41 bits per heavy atom. The molecule has 1 heterocycles. The molecule has 0 aliphatic heterocycles. The Balaban J connectivity index is 1.56. The summed E-state index contributed by atoms with van der Waals surface area (Å²) in [6.45, 7) is 0.241. The number of nitrogens with zero attached hydrogens (tertiary/aromatic N) is 1. The third-order valence-electron chi connectivity index (χ3n) is 4.45. The van der Waals surface area contributed by atoms with Crippen LogP contribution in [-0.2, 0) is 6.61 Å². The Labute approximate surface area is 173 Å². The van der Waals surface area contributed by atoms with Crippen LogP contribution in [0.25, 0.3) is 22.1 Å². The van der Waals surface area contributed by atoms with E-state index in [-0.39, 0.29) is 17.7 Å². The lowest BCUT2D eigenvalue weighted by molar-refractivity contribution is -0.384. The van der Waals surface area contributed by atoms with E-state index in [0.717, 1.165) is 15.6 Å². The lowest BCUT2D eigenvalue weighted by atomic mass is 10.1. The summed E-state index contributed by atoms with van der Waals surface area (Å²) < 4.78 is 12.3. The fourth-order valence-electron chi connectivity index (χ4n) is 2.91. The molecule has 0 aliphatic rings. The second-order valence-electron chi connectivity index (χ2n) is 6.36. The topological polar surface area (TPSA) is 82.6 Å². The fourth-order valence-corrected chi connectivity index (χ4v) is 3.17. The molecule has 0 amide bonds. The third kappa shape index (κ3) is 4.05. The molecule has 3 aromatic carbocycles. The molecule has 0 saturated carbocycles. The van der Waals surface area contributed by atoms with E-state index in [1.807, 2.05) is 24.3 Å². The van der Waals surface area contributed by atoms with Crippen molar-refractivity contribution in [2.45, 2.75) is 6.61 Å². The number of nitro benzene ring substituents is 1. The van der Waals surface area contributed by atoms with Crippen molar-refractivity contribution in [3.63, 3.8) is 0 Å². The minimum Gasteiger partial charge on any atom is -0.489 e. The number of halogens is 1. The SMILES string of the molecule is O=c1c(-c2ccc(Br)cc2)coc2cc(OCc3ccc([N+](=O)[O-])cc3)ccc12. The molecule has 4 rings (SSSR count). The van der Waals surface area contributed by atoms with Crippen molar-refractivity contribution in [3.05, 3.63) is 103 Å². The van der Waals surface area contributed by atoms with Gasteiger partial charge in [-0.15, -0.1) is 0 Å². The fraction of sp³-hybridized carbons (Fsp3) is 0.0455. The first kappa shape index (κ1) is 18.9. The van der Waals surface area contributed by atoms with Crippen LogP contribution in [0.2, 0.25) is 0 Å². The van der Waals surface area contributed by atoms with E-state index in [0.29, 0.717) is 22.3 Å². The van der Waals surface area contributed by atoms with Gasteiger partial charge < -0.3 is 9.15 Å². The van der Waals surface area contributed by atoms with E-state index in [4.69, 9.17) is 9.15 Å². The zero-order chi connectivity index (χ0) is 20.4. The van der Waals surface area contributed by atoms with Gasteiger partial charge in [-0.1, -0.05) is 28.1 Å². The van der Waals surface area contributed by atoms with Crippen molar-refractivity contribution in [3.8, 4) is 16.9 Å². The smallest absolute Gasteiger partial charge is 0.269 e. The van der Waals surface area contributed by atoms with Crippen LogP contribution in [0.3, 0.4) is 0 Å². The molecule has 0 fully saturated rings. The second kappa shape index (κ2) is 7.89. The number of rotatable bonds is 5. The molecular formula is C22H14BrNO5. The van der Waals surface area contributed by atoms with E-state index in [9.17, 15) is 14.9 Å². The first-order valence-electron chi connectivity index (χ1n) is 8.69. The van der Waals surface area contributed by atoms with Crippen LogP contribution in [0.15, 0.2) is 86.7 Å². The molecule has 4 aromatic rings. The van der Waals surface area contributed by atoms with Crippen molar-refractivity contribution in [1.82, 2.24) is 0 Å². The molecule has 0 atom stereocenters. The number of nitro groups is 1. The second-order valence-corrected chi connectivity index (χ2v) is 7.27. The predicted molar refractivity (Wildman–Crippen MR) is 113 cm³/mol. The van der Waals surface area contributed by atoms with Crippen LogP contribution in [0.4, 0.5) is 5.69 Å². The molecule has 0 unspecified atom stereocenters. The van der Waals surface area contributed by atoms with Gasteiger partial charge >= 0.3 is 0 Å². The van der Waals surface area contributed by atoms with Crippen molar-refractivity contribution in [1.29, 1.82) is 0 Å². The summed E-state index contributed by atoms with van der Waals surface area (Å²) in [6, 6.07) is 18.6. The molecular weight excluding hydrogens is 438 g/mol. The quantitative estimate of drug-likeness (QED) is 0.286. The van der Waals surface area contributed by atoms with E-state index in [1.165, 1.54) is 18.4 Å². The lowest BCUT2D eigenvalue weighted by Crippen LogP contribution is -2.05. The third-order valence-corrected chi connectivity index (χ3v) is 4.98. The summed E-state index contributed by atoms with van der Waals surface area (Å²) >= 11 is 3.38. The van der Waals surface area contributed by atoms with Crippen molar-refractivity contribution in [2.75, 3.05) is 0 Å². The van der Waals surface area contributed by atoms with Crippen LogP contribution in [-0.4, -0.2) is 4.92 Å². The molecule has 0 radical (unpaired) electrons. The molecule has 0 spiro atoms. The molecule has 1 aromatic heterocycles. The molecule has 0 aliphatic carbocycles. The molecule has 0 bridgehead atoms. The van der Waals surface area contributed by atoms with Gasteiger partial charge in [-0.25, -0.2) is 0 Å². The number of fused-ring (bicyclic) bond motifs is 1. The minimum absolute atomic E-state index is 0.0304. The maximum atomic E-state index is 12.8. The Bertz CT molecular complexity index is 1250. The Kier molecular flexibility index (Phi) is 5.14. The van der Waals surface area contributed by atoms with Gasteiger partial charge in [0.25, 0.3) is 5.69 Å². The Hall–Kier alpha value is -3.45. The number of ether oxygens (including phenoxy) is 1. The highest BCUT2D eigenvalue weighted by molar-refractivity contribution is 9.10. The van der Waals surface area contributed by atoms with E-state index in [1.54, 1.807) is 30.3 Å². The lowest BCUT2D eigenvalue weighted by Gasteiger charge is -2.08. The predicted octanol–water partition coefficient (Wildman–Crippen LogP) is 5.71. The summed E-state index contributed by atoms with van der Waals surface area (Å²) in [5, 5.41) is 11.2. The molecule has 6 nitrogen and oxygen atoms in total. The van der Waals surface area contributed by atoms with Gasteiger partial charge in [0.2, 0.25) is 0 Å². The van der Waals surface area contributed by atoms with Gasteiger partial charge in [-0.05, 0) is 47.5 Å². The Morgan fingerprint density at radius 2 is 1.72 bits per heavy atom. The van der Waals surface area contributed by atoms with Crippen molar-refractivity contribution in [2.24, 2.45) is 0 Å². The van der Waals surface area contributed by atoms with Gasteiger partial charge in [0, 0.05) is 22.7 Å². The minimum atomic E-state index is -0.446. The van der Waals surface area contributed by atoms with Crippen LogP contribution in [0, 0.1) is 10.1 Å². The highest BCUT2D eigenvalue weighted by Crippen LogP contribution is 2.25. The first-order valence-corrected chi connectivity index (χ1v) is 9.48. The summed E-state index contributed by atoms with van der Waals surface area (Å²) in [5.74, 6) is 0.537. The molecule has 144 valence electrons. The average Bonchev–Trinajstić information content (AvgIpc) is 2.73. The monoisotopic (exact) mass is 451 g/mol. The number of non-ortho nitro benzene ring substituents is 1. The van der Waals surface area contributed by atoms with E-state index >= 15 is 0 Å². The van der Waals surface area contributed by atoms with Crippen LogP contribution >= 0.6 is 15.9 Å². The van der Waals surface area contributed by atoms with Crippen molar-refractivity contribution < 1.29 is 14.1 Å². The van der Waals surface area contributed by atoms with Gasteiger partial charge in [0.15, 0.2) is 5.43 Å². The zero-order valence-electron chi connectivity index (χ0n) is 15.0. The maximum Gasteiger partial charge on any atom is 0.269 e. The summed E-state index contributed by atoms with van der Waals surface area (Å²) in [4.78, 5) is 23.1. The average molecular weight is 452 g/mol. The van der Waals surface area contributed by atoms with Crippen LogP contribution in [0.1, 0.15) is 5.56 Å². The maximum absolute atomic E-state index is 12.8. The number of hydrogen-bond donors (Lipinski definition) is 0. The highest BCUT2D eigenvalue weighted by Gasteiger charge is 2.10. The van der Waals surface area contributed by atoms with E-state index in [2.05, 4.69) is 15.9 Å². The zero-order valence-corrected chi connectivity index (χ0v) is 16.6. The molecule has 7 heteroatoms. The van der Waals surface area contributed by atoms with Crippen LogP contribution in [0.5, 0.6) is 5.75 Å². The van der Waals surface area contributed by atoms with Crippen LogP contribution < -0.4 is 10.2 Å². The molecule has 0 N–H and O–H groups in total. The van der Waals surface area contributed by atoms with Gasteiger partial charge in [-0.3, -0.25) is 14.9 Å². The summed E-state index contributed by atoms with van der Waals surface area (Å²) in [5.41, 5.74) is 2.41. The highest BCUT2D eigenvalue weighted by atomic mass is 79.9. The summed E-state index contributed by atoms with van der Waals surface area (Å²) in [6.07, 6.45) is 1.45. The van der Waals surface area contributed by atoms with Gasteiger partial charge in [0.05, 0.1) is 15.9 Å². The van der Waals surface area contributed by atoms with Crippen molar-refractivity contribution >= 4 is 32.6 Å². The first-order chi connectivity index (χ1) is 14.0. The number of hydrogen-bond acceptors (Lipinski definition) is 5. The molecule has 0 saturated heterocycles. The number of benzene rings is 3. The van der Waals surface area contributed by atoms with Gasteiger partial charge in [-0.2, -0.15) is 0 Å². The Morgan fingerprint density at radius 1 is 1.00 bits per heavy atom.